The summed E-state index contributed by atoms with van der Waals surface area (Å²) in [5.41, 5.74) is 7.60. The number of hydrogen-bond acceptors (Lipinski definition) is 6. The van der Waals surface area contributed by atoms with Gasteiger partial charge in [0.15, 0.2) is 0 Å². The number of carbonyl (C=O) groups is 2. The van der Waals surface area contributed by atoms with Crippen molar-refractivity contribution in [2.24, 2.45) is 0 Å². The summed E-state index contributed by atoms with van der Waals surface area (Å²) in [7, 11) is 0. The molecule has 0 unspecified atom stereocenters. The molecule has 0 radical (unpaired) electrons. The summed E-state index contributed by atoms with van der Waals surface area (Å²) in [6.07, 6.45) is 0. The minimum atomic E-state index is -0.697. The fourth-order valence-electron chi connectivity index (χ4n) is 2.91. The summed E-state index contributed by atoms with van der Waals surface area (Å²) in [5.74, 6) is -1.02. The molecule has 6 heteroatoms. The van der Waals surface area contributed by atoms with Gasteiger partial charge in [-0.3, -0.25) is 0 Å². The van der Waals surface area contributed by atoms with Crippen LogP contribution in [0.3, 0.4) is 0 Å². The van der Waals surface area contributed by atoms with Crippen LogP contribution < -0.4 is 10.5 Å². The third-order valence-electron chi connectivity index (χ3n) is 4.45. The Labute approximate surface area is 187 Å². The zero-order valence-corrected chi connectivity index (χ0v) is 18.5. The predicted molar refractivity (Wildman–Crippen MR) is 122 cm³/mol. The van der Waals surface area contributed by atoms with Gasteiger partial charge in [0.2, 0.25) is 0 Å². The average Bonchev–Trinajstić information content (AvgIpc) is 2.77. The Kier molecular flexibility index (Phi) is 7.15. The first-order chi connectivity index (χ1) is 15.2. The summed E-state index contributed by atoms with van der Waals surface area (Å²) in [4.78, 5) is 25.5. The molecule has 0 amide bonds. The maximum Gasteiger partial charge on any atom is 0.340 e. The fraction of sp³-hybridized carbons (Fsp3) is 0.231. The molecule has 0 spiro atoms. The minimum Gasteiger partial charge on any atom is -0.487 e. The third-order valence-corrected chi connectivity index (χ3v) is 4.45. The molecule has 0 atom stereocenters. The number of benzene rings is 3. The van der Waals surface area contributed by atoms with E-state index in [4.69, 9.17) is 19.9 Å². The summed E-state index contributed by atoms with van der Waals surface area (Å²) >= 11 is 0. The lowest BCUT2D eigenvalue weighted by Gasteiger charge is -2.20. The van der Waals surface area contributed by atoms with E-state index in [1.807, 2.05) is 60.7 Å². The van der Waals surface area contributed by atoms with Crippen molar-refractivity contribution in [1.29, 1.82) is 0 Å². The van der Waals surface area contributed by atoms with Crippen LogP contribution in [0.5, 0.6) is 5.75 Å². The Bertz CT molecular complexity index is 1070. The maximum absolute atomic E-state index is 12.8. The summed E-state index contributed by atoms with van der Waals surface area (Å²) in [6.45, 7) is 5.61. The molecule has 0 saturated carbocycles. The fourth-order valence-corrected chi connectivity index (χ4v) is 2.91. The second-order valence-corrected chi connectivity index (χ2v) is 8.27. The molecule has 32 heavy (non-hydrogen) atoms. The van der Waals surface area contributed by atoms with Crippen LogP contribution in [-0.4, -0.2) is 17.5 Å². The van der Waals surface area contributed by atoms with Crippen molar-refractivity contribution in [2.45, 2.75) is 39.6 Å². The van der Waals surface area contributed by atoms with Gasteiger partial charge < -0.3 is 19.9 Å². The molecular weight excluding hydrogens is 406 g/mol. The number of hydrogen-bond donors (Lipinski definition) is 1. The van der Waals surface area contributed by atoms with Crippen molar-refractivity contribution in [3.63, 3.8) is 0 Å². The lowest BCUT2D eigenvalue weighted by molar-refractivity contribution is 0.00691. The first-order valence-electron chi connectivity index (χ1n) is 10.3. The summed E-state index contributed by atoms with van der Waals surface area (Å²) in [6, 6.07) is 21.7. The van der Waals surface area contributed by atoms with E-state index in [9.17, 15) is 9.59 Å². The van der Waals surface area contributed by atoms with Crippen molar-refractivity contribution in [2.75, 3.05) is 5.73 Å². The van der Waals surface area contributed by atoms with E-state index in [2.05, 4.69) is 0 Å². The highest BCUT2D eigenvalue weighted by molar-refractivity contribution is 6.01. The first-order valence-corrected chi connectivity index (χ1v) is 10.3. The normalized spacial score (nSPS) is 11.0. The summed E-state index contributed by atoms with van der Waals surface area (Å²) < 4.78 is 16.7. The molecule has 0 heterocycles. The Hall–Kier alpha value is -3.80. The van der Waals surface area contributed by atoms with Crippen LogP contribution >= 0.6 is 0 Å². The Balaban J connectivity index is 1.88. The van der Waals surface area contributed by atoms with Gasteiger partial charge in [-0.05, 0) is 44.0 Å². The van der Waals surface area contributed by atoms with Gasteiger partial charge in [0.05, 0.1) is 16.8 Å². The van der Waals surface area contributed by atoms with Crippen LogP contribution in [0, 0.1) is 0 Å². The zero-order valence-electron chi connectivity index (χ0n) is 18.5. The minimum absolute atomic E-state index is 0.0485. The van der Waals surface area contributed by atoms with Gasteiger partial charge in [0, 0.05) is 0 Å². The molecule has 2 N–H and O–H groups in total. The van der Waals surface area contributed by atoms with E-state index in [-0.39, 0.29) is 35.8 Å². The van der Waals surface area contributed by atoms with Crippen LogP contribution in [0.25, 0.3) is 0 Å². The van der Waals surface area contributed by atoms with Crippen molar-refractivity contribution in [1.82, 2.24) is 0 Å². The van der Waals surface area contributed by atoms with Crippen molar-refractivity contribution < 1.29 is 23.8 Å². The van der Waals surface area contributed by atoms with Crippen LogP contribution in [0.1, 0.15) is 52.6 Å². The lowest BCUT2D eigenvalue weighted by atomic mass is 10.1. The molecule has 3 aromatic rings. The predicted octanol–water partition coefficient (Wildman–Crippen LogP) is 5.16. The number of ether oxygens (including phenoxy) is 3. The molecule has 0 aliphatic heterocycles. The molecule has 0 bridgehead atoms. The van der Waals surface area contributed by atoms with E-state index >= 15 is 0 Å². The number of esters is 2. The molecule has 166 valence electrons. The van der Waals surface area contributed by atoms with Gasteiger partial charge in [-0.1, -0.05) is 60.7 Å². The van der Waals surface area contributed by atoms with E-state index in [1.54, 1.807) is 20.8 Å². The number of nitrogen functional groups attached to an aromatic ring is 1. The van der Waals surface area contributed by atoms with Gasteiger partial charge in [-0.15, -0.1) is 0 Å². The van der Waals surface area contributed by atoms with Crippen molar-refractivity contribution >= 4 is 17.6 Å². The number of nitrogens with two attached hydrogens (primary N) is 1. The van der Waals surface area contributed by atoms with Gasteiger partial charge >= 0.3 is 11.9 Å². The quantitative estimate of drug-likeness (QED) is 0.409. The Morgan fingerprint density at radius 1 is 0.812 bits per heavy atom. The second kappa shape index (κ2) is 10.0. The molecule has 0 aromatic heterocycles. The van der Waals surface area contributed by atoms with Crippen molar-refractivity contribution in [3.8, 4) is 5.75 Å². The van der Waals surface area contributed by atoms with Crippen LogP contribution in [0.4, 0.5) is 5.69 Å². The van der Waals surface area contributed by atoms with Gasteiger partial charge in [0.25, 0.3) is 0 Å². The van der Waals surface area contributed by atoms with Gasteiger partial charge in [-0.2, -0.15) is 0 Å². The van der Waals surface area contributed by atoms with Gasteiger partial charge in [0.1, 0.15) is 24.6 Å². The highest BCUT2D eigenvalue weighted by Gasteiger charge is 2.23. The summed E-state index contributed by atoms with van der Waals surface area (Å²) in [5, 5.41) is 0. The number of anilines is 1. The lowest BCUT2D eigenvalue weighted by Crippen LogP contribution is -2.24. The second-order valence-electron chi connectivity index (χ2n) is 8.27. The third kappa shape index (κ3) is 6.35. The monoisotopic (exact) mass is 433 g/mol. The van der Waals surface area contributed by atoms with Crippen LogP contribution in [-0.2, 0) is 22.7 Å². The van der Waals surface area contributed by atoms with E-state index in [0.29, 0.717) is 0 Å². The van der Waals surface area contributed by atoms with Crippen LogP contribution in [0.15, 0.2) is 72.8 Å². The molecular formula is C26H27NO5. The Morgan fingerprint density at radius 2 is 1.38 bits per heavy atom. The molecule has 6 nitrogen and oxygen atoms in total. The SMILES string of the molecule is CC(C)(C)OC(=O)c1cc(OCc2ccccc2)c(N)c(C(=O)OCc2ccccc2)c1. The zero-order chi connectivity index (χ0) is 23.1. The number of carbonyl (C=O) groups excluding carboxylic acids is 2. The Morgan fingerprint density at radius 3 is 1.94 bits per heavy atom. The molecule has 0 aliphatic rings. The smallest absolute Gasteiger partial charge is 0.340 e. The average molecular weight is 434 g/mol. The first kappa shape index (κ1) is 22.9. The molecule has 3 rings (SSSR count). The highest BCUT2D eigenvalue weighted by Crippen LogP contribution is 2.30. The maximum atomic E-state index is 12.8. The molecule has 3 aromatic carbocycles. The number of rotatable bonds is 7. The highest BCUT2D eigenvalue weighted by atomic mass is 16.6. The molecule has 0 saturated heterocycles. The molecule has 0 fully saturated rings. The van der Waals surface area contributed by atoms with E-state index in [0.717, 1.165) is 11.1 Å². The van der Waals surface area contributed by atoms with Crippen LogP contribution in [0.2, 0.25) is 0 Å². The molecule has 0 aliphatic carbocycles. The van der Waals surface area contributed by atoms with E-state index in [1.165, 1.54) is 12.1 Å². The largest absolute Gasteiger partial charge is 0.487 e. The van der Waals surface area contributed by atoms with Crippen molar-refractivity contribution in [3.05, 3.63) is 95.1 Å². The van der Waals surface area contributed by atoms with E-state index < -0.39 is 17.5 Å². The topological polar surface area (TPSA) is 87.9 Å². The standard InChI is InChI=1S/C26H27NO5/c1-26(2,3)32-24(28)20-14-21(25(29)31-17-19-12-8-5-9-13-19)23(27)22(15-20)30-16-18-10-6-4-7-11-18/h4-15H,16-17,27H2,1-3H3. The van der Waals surface area contributed by atoms with Gasteiger partial charge in [-0.25, -0.2) is 9.59 Å².